The molecule has 0 aliphatic rings. The third-order valence-electron chi connectivity index (χ3n) is 2.68. The molecule has 116 valence electrons. The van der Waals surface area contributed by atoms with Crippen LogP contribution in [0.3, 0.4) is 0 Å². The molecule has 0 aliphatic carbocycles. The molecule has 0 saturated carbocycles. The normalized spacial score (nSPS) is 10.1. The van der Waals surface area contributed by atoms with Crippen molar-refractivity contribution in [3.05, 3.63) is 12.1 Å². The molecule has 21 heavy (non-hydrogen) atoms. The van der Waals surface area contributed by atoms with Gasteiger partial charge in [-0.15, -0.1) is 0 Å². The Kier molecular flexibility index (Phi) is 6.12. The van der Waals surface area contributed by atoms with Gasteiger partial charge in [-0.2, -0.15) is 0 Å². The number of amides is 2. The molecular formula is C13H18N2O6. The minimum atomic E-state index is -0.840. The Labute approximate surface area is 121 Å². The number of rotatable bonds is 7. The Morgan fingerprint density at radius 1 is 1.00 bits per heavy atom. The van der Waals surface area contributed by atoms with Crippen LogP contribution in [0.25, 0.3) is 0 Å². The third kappa shape index (κ3) is 5.89. The molecule has 6 N–H and O–H groups in total. The van der Waals surface area contributed by atoms with Gasteiger partial charge in [-0.25, -0.2) is 4.79 Å². The highest BCUT2D eigenvalue weighted by molar-refractivity contribution is 5.90. The van der Waals surface area contributed by atoms with E-state index in [1.54, 1.807) is 0 Å². The molecule has 0 saturated heterocycles. The second kappa shape index (κ2) is 7.83. The van der Waals surface area contributed by atoms with Gasteiger partial charge in [0.15, 0.2) is 17.2 Å². The lowest BCUT2D eigenvalue weighted by Gasteiger charge is -2.09. The quantitative estimate of drug-likeness (QED) is 0.256. The van der Waals surface area contributed by atoms with Crippen LogP contribution in [-0.4, -0.2) is 39.0 Å². The van der Waals surface area contributed by atoms with Crippen LogP contribution < -0.4 is 10.6 Å². The molecule has 0 spiro atoms. The van der Waals surface area contributed by atoms with Gasteiger partial charge in [-0.05, 0) is 12.8 Å². The third-order valence-corrected chi connectivity index (χ3v) is 2.68. The zero-order valence-electron chi connectivity index (χ0n) is 11.3. The van der Waals surface area contributed by atoms with E-state index in [0.29, 0.717) is 25.8 Å². The van der Waals surface area contributed by atoms with E-state index >= 15 is 0 Å². The standard InChI is InChI=1S/C13H18N2O6/c16-9-6-8(7-10(17)12(9)20)15-13(21)14-5-3-1-2-4-11(18)19/h6-7,16-17,20H,1-5H2,(H,18,19)(H2,14,15,21). The van der Waals surface area contributed by atoms with Gasteiger partial charge in [-0.1, -0.05) is 6.42 Å². The molecule has 0 fully saturated rings. The highest BCUT2D eigenvalue weighted by atomic mass is 16.4. The summed E-state index contributed by atoms with van der Waals surface area (Å²) in [6.07, 6.45) is 2.00. The number of anilines is 1. The number of nitrogens with one attached hydrogen (secondary N) is 2. The van der Waals surface area contributed by atoms with Gasteiger partial charge < -0.3 is 31.1 Å². The Morgan fingerprint density at radius 3 is 2.19 bits per heavy atom. The van der Waals surface area contributed by atoms with Crippen LogP contribution in [0.5, 0.6) is 17.2 Å². The van der Waals surface area contributed by atoms with E-state index in [-0.39, 0.29) is 12.1 Å². The molecule has 8 heteroatoms. The van der Waals surface area contributed by atoms with Crippen molar-refractivity contribution in [2.75, 3.05) is 11.9 Å². The maximum atomic E-state index is 11.5. The van der Waals surface area contributed by atoms with Crippen molar-refractivity contribution in [3.8, 4) is 17.2 Å². The zero-order chi connectivity index (χ0) is 15.8. The lowest BCUT2D eigenvalue weighted by atomic mass is 10.2. The van der Waals surface area contributed by atoms with Gasteiger partial charge in [0.05, 0.1) is 5.69 Å². The monoisotopic (exact) mass is 298 g/mol. The minimum Gasteiger partial charge on any atom is -0.504 e. The predicted molar refractivity (Wildman–Crippen MR) is 74.6 cm³/mol. The second-order valence-electron chi connectivity index (χ2n) is 4.45. The van der Waals surface area contributed by atoms with Crippen molar-refractivity contribution in [1.82, 2.24) is 5.32 Å². The number of aliphatic carboxylic acids is 1. The van der Waals surface area contributed by atoms with Crippen molar-refractivity contribution >= 4 is 17.7 Å². The van der Waals surface area contributed by atoms with E-state index in [1.807, 2.05) is 0 Å². The molecule has 1 aromatic carbocycles. The van der Waals surface area contributed by atoms with E-state index < -0.39 is 29.2 Å². The van der Waals surface area contributed by atoms with Crippen molar-refractivity contribution in [2.45, 2.75) is 25.7 Å². The van der Waals surface area contributed by atoms with Crippen LogP contribution in [0.4, 0.5) is 10.5 Å². The zero-order valence-corrected chi connectivity index (χ0v) is 11.3. The fourth-order valence-corrected chi connectivity index (χ4v) is 1.63. The molecule has 0 heterocycles. The highest BCUT2D eigenvalue weighted by Gasteiger charge is 2.09. The molecule has 2 amide bonds. The Morgan fingerprint density at radius 2 is 1.62 bits per heavy atom. The van der Waals surface area contributed by atoms with Gasteiger partial charge in [0.1, 0.15) is 0 Å². The van der Waals surface area contributed by atoms with Crippen LogP contribution >= 0.6 is 0 Å². The number of phenolic OH excluding ortho intramolecular Hbond substituents is 3. The molecule has 0 radical (unpaired) electrons. The van der Waals surface area contributed by atoms with Crippen molar-refractivity contribution in [3.63, 3.8) is 0 Å². The Hall–Kier alpha value is -2.64. The molecule has 0 bridgehead atoms. The molecule has 8 nitrogen and oxygen atoms in total. The molecule has 0 atom stereocenters. The van der Waals surface area contributed by atoms with Gasteiger partial charge in [0.25, 0.3) is 0 Å². The number of aromatic hydroxyl groups is 3. The van der Waals surface area contributed by atoms with Crippen LogP contribution in [-0.2, 0) is 4.79 Å². The van der Waals surface area contributed by atoms with Crippen LogP contribution in [0.2, 0.25) is 0 Å². The predicted octanol–water partition coefficient (Wildman–Crippen LogP) is 1.57. The fraction of sp³-hybridized carbons (Fsp3) is 0.385. The Bertz CT molecular complexity index is 494. The van der Waals surface area contributed by atoms with E-state index in [2.05, 4.69) is 10.6 Å². The number of urea groups is 1. The summed E-state index contributed by atoms with van der Waals surface area (Å²) in [5.41, 5.74) is 0.131. The first kappa shape index (κ1) is 16.4. The number of unbranched alkanes of at least 4 members (excludes halogenated alkanes) is 2. The topological polar surface area (TPSA) is 139 Å². The summed E-state index contributed by atoms with van der Waals surface area (Å²) in [7, 11) is 0. The SMILES string of the molecule is O=C(O)CCCCCNC(=O)Nc1cc(O)c(O)c(O)c1. The average Bonchev–Trinajstić information content (AvgIpc) is 2.39. The lowest BCUT2D eigenvalue weighted by molar-refractivity contribution is -0.137. The number of hydrogen-bond acceptors (Lipinski definition) is 5. The highest BCUT2D eigenvalue weighted by Crippen LogP contribution is 2.37. The van der Waals surface area contributed by atoms with E-state index in [9.17, 15) is 19.8 Å². The van der Waals surface area contributed by atoms with E-state index in [0.717, 1.165) is 12.1 Å². The summed E-state index contributed by atoms with van der Waals surface area (Å²) in [5, 5.41) is 41.1. The van der Waals surface area contributed by atoms with Crippen LogP contribution in [0, 0.1) is 0 Å². The molecule has 0 unspecified atom stereocenters. The number of carbonyl (C=O) groups is 2. The molecule has 0 aliphatic heterocycles. The minimum absolute atomic E-state index is 0.109. The summed E-state index contributed by atoms with van der Waals surface area (Å²) in [6, 6.07) is 1.67. The lowest BCUT2D eigenvalue weighted by Crippen LogP contribution is -2.29. The van der Waals surface area contributed by atoms with Crippen molar-refractivity contribution in [2.24, 2.45) is 0 Å². The smallest absolute Gasteiger partial charge is 0.319 e. The summed E-state index contributed by atoms with van der Waals surface area (Å²) in [4.78, 5) is 21.8. The number of phenols is 3. The van der Waals surface area contributed by atoms with E-state index in [1.165, 1.54) is 0 Å². The van der Waals surface area contributed by atoms with Crippen molar-refractivity contribution < 1.29 is 30.0 Å². The second-order valence-corrected chi connectivity index (χ2v) is 4.45. The van der Waals surface area contributed by atoms with E-state index in [4.69, 9.17) is 10.2 Å². The first-order chi connectivity index (χ1) is 9.90. The largest absolute Gasteiger partial charge is 0.504 e. The van der Waals surface area contributed by atoms with Crippen molar-refractivity contribution in [1.29, 1.82) is 0 Å². The van der Waals surface area contributed by atoms with Gasteiger partial charge in [0, 0.05) is 25.1 Å². The number of carboxylic acids is 1. The fourth-order valence-electron chi connectivity index (χ4n) is 1.63. The average molecular weight is 298 g/mol. The summed E-state index contributed by atoms with van der Waals surface area (Å²) in [6.45, 7) is 0.376. The van der Waals surface area contributed by atoms with Gasteiger partial charge in [-0.3, -0.25) is 4.79 Å². The number of benzene rings is 1. The number of carbonyl (C=O) groups excluding carboxylic acids is 1. The Balaban J connectivity index is 2.29. The summed E-state index contributed by atoms with van der Waals surface area (Å²) in [5.74, 6) is -2.58. The summed E-state index contributed by atoms with van der Waals surface area (Å²) < 4.78 is 0. The first-order valence-corrected chi connectivity index (χ1v) is 6.41. The molecule has 1 aromatic rings. The van der Waals surface area contributed by atoms with Gasteiger partial charge >= 0.3 is 12.0 Å². The number of hydrogen-bond donors (Lipinski definition) is 6. The number of carboxylic acid groups (broad SMARTS) is 1. The van der Waals surface area contributed by atoms with Gasteiger partial charge in [0.2, 0.25) is 0 Å². The maximum Gasteiger partial charge on any atom is 0.319 e. The summed E-state index contributed by atoms with van der Waals surface area (Å²) >= 11 is 0. The molecular weight excluding hydrogens is 280 g/mol. The van der Waals surface area contributed by atoms with Crippen LogP contribution in [0.1, 0.15) is 25.7 Å². The maximum absolute atomic E-state index is 11.5. The van der Waals surface area contributed by atoms with Crippen LogP contribution in [0.15, 0.2) is 12.1 Å². The first-order valence-electron chi connectivity index (χ1n) is 6.41. The molecule has 0 aromatic heterocycles. The molecule has 1 rings (SSSR count).